The third-order valence-corrected chi connectivity index (χ3v) is 6.34. The number of rotatable bonds is 2. The van der Waals surface area contributed by atoms with E-state index in [0.717, 1.165) is 10.8 Å². The molecular formula is C26H28O10. The predicted molar refractivity (Wildman–Crippen MR) is 125 cm³/mol. The molecule has 10 nitrogen and oxygen atoms in total. The van der Waals surface area contributed by atoms with Crippen molar-refractivity contribution >= 4 is 10.8 Å². The Morgan fingerprint density at radius 1 is 0.556 bits per heavy atom. The maximum absolute atomic E-state index is 10.1. The van der Waals surface area contributed by atoms with Gasteiger partial charge in [-0.1, -0.05) is 35.8 Å². The van der Waals surface area contributed by atoms with Gasteiger partial charge in [-0.15, -0.1) is 0 Å². The molecule has 192 valence electrons. The van der Waals surface area contributed by atoms with E-state index in [2.05, 4.69) is 23.7 Å². The number of aliphatic hydroxyl groups excluding tert-OH is 8. The van der Waals surface area contributed by atoms with Gasteiger partial charge in [0.05, 0.1) is 13.2 Å². The fraction of sp³-hybridized carbons (Fsp3) is 0.462. The minimum atomic E-state index is -1.49. The first-order valence-corrected chi connectivity index (χ1v) is 11.4. The lowest BCUT2D eigenvalue weighted by Gasteiger charge is -2.37. The third kappa shape index (κ3) is 5.39. The van der Waals surface area contributed by atoms with E-state index in [-0.39, 0.29) is 0 Å². The second-order valence-corrected chi connectivity index (χ2v) is 8.81. The van der Waals surface area contributed by atoms with E-state index >= 15 is 0 Å². The van der Waals surface area contributed by atoms with Crippen molar-refractivity contribution < 1.29 is 50.3 Å². The molecule has 2 saturated heterocycles. The Kier molecular flexibility index (Phi) is 8.25. The van der Waals surface area contributed by atoms with Crippen LogP contribution < -0.4 is 0 Å². The molecule has 0 spiro atoms. The highest BCUT2D eigenvalue weighted by Gasteiger charge is 2.43. The van der Waals surface area contributed by atoms with Crippen LogP contribution in [0.3, 0.4) is 0 Å². The summed E-state index contributed by atoms with van der Waals surface area (Å²) in [6.07, 6.45) is -13.0. The zero-order chi connectivity index (χ0) is 26.0. The fourth-order valence-electron chi connectivity index (χ4n) is 4.15. The first-order chi connectivity index (χ1) is 17.2. The Morgan fingerprint density at radius 2 is 0.944 bits per heavy atom. The molecule has 0 amide bonds. The molecule has 2 fully saturated rings. The minimum absolute atomic E-state index is 0.527. The molecule has 4 rings (SSSR count). The molecule has 0 unspecified atom stereocenters. The van der Waals surface area contributed by atoms with Crippen LogP contribution in [0.5, 0.6) is 0 Å². The quantitative estimate of drug-likeness (QED) is 0.201. The minimum Gasteiger partial charge on any atom is -0.394 e. The maximum Gasteiger partial charge on any atom is 0.147 e. The molecule has 0 bridgehead atoms. The van der Waals surface area contributed by atoms with Crippen LogP contribution in [0.2, 0.25) is 0 Å². The van der Waals surface area contributed by atoms with Crippen LogP contribution in [0.25, 0.3) is 10.8 Å². The number of aliphatic hydroxyl groups is 8. The van der Waals surface area contributed by atoms with Gasteiger partial charge in [0.25, 0.3) is 0 Å². The zero-order valence-corrected chi connectivity index (χ0v) is 19.0. The summed E-state index contributed by atoms with van der Waals surface area (Å²) >= 11 is 0. The number of hydrogen-bond donors (Lipinski definition) is 8. The van der Waals surface area contributed by atoms with Crippen molar-refractivity contribution in [2.24, 2.45) is 0 Å². The second kappa shape index (κ2) is 11.2. The molecule has 10 heteroatoms. The molecule has 2 heterocycles. The highest BCUT2D eigenvalue weighted by Crippen LogP contribution is 2.23. The van der Waals surface area contributed by atoms with Crippen LogP contribution in [0, 0.1) is 23.7 Å². The Hall–Kier alpha value is -2.58. The van der Waals surface area contributed by atoms with Gasteiger partial charge in [-0.2, -0.15) is 0 Å². The van der Waals surface area contributed by atoms with Gasteiger partial charge in [0.1, 0.15) is 61.0 Å². The van der Waals surface area contributed by atoms with Crippen molar-refractivity contribution in [1.29, 1.82) is 0 Å². The average Bonchev–Trinajstić information content (AvgIpc) is 2.89. The summed E-state index contributed by atoms with van der Waals surface area (Å²) in [6, 6.07) is 10.7. The smallest absolute Gasteiger partial charge is 0.147 e. The van der Waals surface area contributed by atoms with Gasteiger partial charge in [0.2, 0.25) is 0 Å². The molecule has 0 radical (unpaired) electrons. The fourth-order valence-corrected chi connectivity index (χ4v) is 4.15. The molecule has 36 heavy (non-hydrogen) atoms. The van der Waals surface area contributed by atoms with E-state index in [4.69, 9.17) is 9.47 Å². The van der Waals surface area contributed by atoms with E-state index in [0.29, 0.717) is 11.1 Å². The Labute approximate surface area is 207 Å². The van der Waals surface area contributed by atoms with E-state index in [1.165, 1.54) is 0 Å². The Morgan fingerprint density at radius 3 is 1.31 bits per heavy atom. The van der Waals surface area contributed by atoms with Crippen LogP contribution in [0.1, 0.15) is 11.1 Å². The van der Waals surface area contributed by atoms with Crippen LogP contribution in [-0.2, 0) is 9.47 Å². The van der Waals surface area contributed by atoms with Crippen molar-refractivity contribution in [3.8, 4) is 23.7 Å². The summed E-state index contributed by atoms with van der Waals surface area (Å²) in [5.41, 5.74) is 1.22. The predicted octanol–water partition coefficient (Wildman–Crippen LogP) is -2.77. The summed E-state index contributed by atoms with van der Waals surface area (Å²) in [7, 11) is 0. The molecule has 10 atom stereocenters. The highest BCUT2D eigenvalue weighted by atomic mass is 16.5. The van der Waals surface area contributed by atoms with Crippen LogP contribution in [0.4, 0.5) is 0 Å². The van der Waals surface area contributed by atoms with Gasteiger partial charge in [0.15, 0.2) is 0 Å². The molecule has 0 aromatic heterocycles. The highest BCUT2D eigenvalue weighted by molar-refractivity contribution is 5.85. The van der Waals surface area contributed by atoms with Crippen LogP contribution in [0.15, 0.2) is 36.4 Å². The average molecular weight is 501 g/mol. The lowest BCUT2D eigenvalue weighted by molar-refractivity contribution is -0.214. The van der Waals surface area contributed by atoms with Gasteiger partial charge in [-0.25, -0.2) is 0 Å². The summed E-state index contributed by atoms with van der Waals surface area (Å²) < 4.78 is 10.8. The van der Waals surface area contributed by atoms with Gasteiger partial charge in [0, 0.05) is 11.1 Å². The standard InChI is InChI=1S/C26H28O10/c27-11-19-23(31)25(33)21(29)17(35-19)7-3-13-1-5-15-10-14(2-6-16(15)9-13)4-8-18-22(30)26(34)24(32)20(12-28)36-18/h1-2,5-6,9-10,17-34H,11-12H2/t17-,18-,19-,20-,21-,22+,23-,24-,25-,26-/m1/s1. The van der Waals surface area contributed by atoms with Crippen molar-refractivity contribution in [2.45, 2.75) is 61.0 Å². The topological polar surface area (TPSA) is 180 Å². The number of benzene rings is 2. The normalized spacial score (nSPS) is 36.4. The van der Waals surface area contributed by atoms with E-state index in [9.17, 15) is 40.9 Å². The first kappa shape index (κ1) is 26.5. The molecule has 2 aliphatic rings. The van der Waals surface area contributed by atoms with E-state index in [1.54, 1.807) is 24.3 Å². The van der Waals surface area contributed by atoms with Crippen LogP contribution in [-0.4, -0.2) is 115 Å². The molecule has 0 aliphatic carbocycles. The van der Waals surface area contributed by atoms with Crippen molar-refractivity contribution in [3.63, 3.8) is 0 Å². The van der Waals surface area contributed by atoms with Crippen molar-refractivity contribution in [2.75, 3.05) is 13.2 Å². The largest absolute Gasteiger partial charge is 0.394 e. The molecule has 0 saturated carbocycles. The Balaban J connectivity index is 1.50. The van der Waals surface area contributed by atoms with Gasteiger partial charge in [-0.3, -0.25) is 0 Å². The summed E-state index contributed by atoms with van der Waals surface area (Å²) in [5.74, 6) is 11.2. The van der Waals surface area contributed by atoms with Crippen molar-refractivity contribution in [1.82, 2.24) is 0 Å². The lowest BCUT2D eigenvalue weighted by Crippen LogP contribution is -2.58. The summed E-state index contributed by atoms with van der Waals surface area (Å²) in [6.45, 7) is -1.05. The number of hydrogen-bond acceptors (Lipinski definition) is 10. The summed E-state index contributed by atoms with van der Waals surface area (Å²) in [4.78, 5) is 0. The summed E-state index contributed by atoms with van der Waals surface area (Å²) in [5, 5.41) is 80.1. The number of ether oxygens (including phenoxy) is 2. The molecule has 2 aromatic carbocycles. The van der Waals surface area contributed by atoms with E-state index < -0.39 is 74.3 Å². The van der Waals surface area contributed by atoms with Crippen molar-refractivity contribution in [3.05, 3.63) is 47.5 Å². The molecular weight excluding hydrogens is 472 g/mol. The van der Waals surface area contributed by atoms with Gasteiger partial charge >= 0.3 is 0 Å². The van der Waals surface area contributed by atoms with Crippen LogP contribution >= 0.6 is 0 Å². The molecule has 8 N–H and O–H groups in total. The Bertz CT molecular complexity index is 1100. The SMILES string of the molecule is OC[C@H]1O[C@H](C#Cc2ccc3cc(C#C[C@H]4O[C@H](CO)[C@@H](O)[C@H](O)[C@@H]4O)ccc3c2)[C@H](O)[C@@H](O)[C@@H]1O. The molecule has 2 aromatic rings. The van der Waals surface area contributed by atoms with Gasteiger partial charge < -0.3 is 50.3 Å². The second-order valence-electron chi connectivity index (χ2n) is 8.81. The monoisotopic (exact) mass is 500 g/mol. The van der Waals surface area contributed by atoms with Gasteiger partial charge in [-0.05, 0) is 35.0 Å². The first-order valence-electron chi connectivity index (χ1n) is 11.4. The lowest BCUT2D eigenvalue weighted by atomic mass is 9.95. The number of fused-ring (bicyclic) bond motifs is 1. The van der Waals surface area contributed by atoms with E-state index in [1.807, 2.05) is 12.1 Å². The molecule has 2 aliphatic heterocycles. The third-order valence-electron chi connectivity index (χ3n) is 6.34. The zero-order valence-electron chi connectivity index (χ0n) is 19.0. The maximum atomic E-state index is 10.1.